The van der Waals surface area contributed by atoms with E-state index in [1.807, 2.05) is 54.6 Å². The zero-order valence-electron chi connectivity index (χ0n) is 14.3. The molecule has 0 spiro atoms. The molecule has 1 aliphatic rings. The molecule has 2 aromatic carbocycles. The van der Waals surface area contributed by atoms with E-state index in [1.54, 1.807) is 0 Å². The average molecular weight is 325 g/mol. The van der Waals surface area contributed by atoms with Gasteiger partial charge in [0.1, 0.15) is 17.2 Å². The van der Waals surface area contributed by atoms with Gasteiger partial charge in [-0.1, -0.05) is 18.2 Å². The van der Waals surface area contributed by atoms with Crippen molar-refractivity contribution in [2.75, 3.05) is 26.2 Å². The quantitative estimate of drug-likeness (QED) is 0.597. The fourth-order valence-corrected chi connectivity index (χ4v) is 3.04. The fraction of sp³-hybridized carbons (Fsp3) is 0.429. The van der Waals surface area contributed by atoms with Gasteiger partial charge in [-0.3, -0.25) is 0 Å². The van der Waals surface area contributed by atoms with Gasteiger partial charge in [-0.2, -0.15) is 0 Å². The summed E-state index contributed by atoms with van der Waals surface area (Å²) in [5.41, 5.74) is 0. The Bertz CT molecular complexity index is 577. The van der Waals surface area contributed by atoms with Crippen LogP contribution in [0.1, 0.15) is 32.1 Å². The molecule has 1 aliphatic heterocycles. The summed E-state index contributed by atoms with van der Waals surface area (Å²) in [7, 11) is 0. The van der Waals surface area contributed by atoms with Crippen molar-refractivity contribution >= 4 is 0 Å². The maximum absolute atomic E-state index is 5.81. The van der Waals surface area contributed by atoms with Crippen molar-refractivity contribution in [3.05, 3.63) is 54.6 Å². The summed E-state index contributed by atoms with van der Waals surface area (Å²) >= 11 is 0. The van der Waals surface area contributed by atoms with Crippen molar-refractivity contribution in [2.24, 2.45) is 0 Å². The lowest BCUT2D eigenvalue weighted by Crippen LogP contribution is -2.20. The van der Waals surface area contributed by atoms with Gasteiger partial charge in [0.05, 0.1) is 6.61 Å². The van der Waals surface area contributed by atoms with Gasteiger partial charge in [-0.25, -0.2) is 0 Å². The van der Waals surface area contributed by atoms with Crippen LogP contribution in [0.5, 0.6) is 17.2 Å². The normalized spacial score (nSPS) is 14.7. The molecule has 128 valence electrons. The van der Waals surface area contributed by atoms with Crippen LogP contribution < -0.4 is 9.47 Å². The Hall–Kier alpha value is -2.00. The number of unbranched alkanes of at least 4 members (excludes halogenated alkanes) is 2. The molecule has 24 heavy (non-hydrogen) atoms. The smallest absolute Gasteiger partial charge is 0.127 e. The van der Waals surface area contributed by atoms with Crippen molar-refractivity contribution in [2.45, 2.75) is 32.1 Å². The van der Waals surface area contributed by atoms with Crippen LogP contribution in [0.2, 0.25) is 0 Å². The van der Waals surface area contributed by atoms with Crippen LogP contribution >= 0.6 is 0 Å². The number of ether oxygens (including phenoxy) is 2. The maximum Gasteiger partial charge on any atom is 0.127 e. The zero-order chi connectivity index (χ0) is 16.5. The first-order valence-corrected chi connectivity index (χ1v) is 9.08. The first kappa shape index (κ1) is 16.8. The Morgan fingerprint density at radius 2 is 1.38 bits per heavy atom. The number of para-hydroxylation sites is 1. The Labute approximate surface area is 145 Å². The van der Waals surface area contributed by atoms with Gasteiger partial charge in [0.2, 0.25) is 0 Å². The van der Waals surface area contributed by atoms with E-state index in [1.165, 1.54) is 45.3 Å². The van der Waals surface area contributed by atoms with Crippen LogP contribution in [0.25, 0.3) is 0 Å². The van der Waals surface area contributed by atoms with Crippen molar-refractivity contribution in [3.8, 4) is 17.2 Å². The van der Waals surface area contributed by atoms with E-state index in [-0.39, 0.29) is 0 Å². The van der Waals surface area contributed by atoms with Gasteiger partial charge < -0.3 is 14.4 Å². The third-order valence-corrected chi connectivity index (χ3v) is 4.39. The summed E-state index contributed by atoms with van der Waals surface area (Å²) in [5, 5.41) is 0. The highest BCUT2D eigenvalue weighted by Gasteiger charge is 2.09. The van der Waals surface area contributed by atoms with Crippen molar-refractivity contribution < 1.29 is 9.47 Å². The van der Waals surface area contributed by atoms with Gasteiger partial charge >= 0.3 is 0 Å². The van der Waals surface area contributed by atoms with Gasteiger partial charge in [-0.15, -0.1) is 0 Å². The molecule has 0 radical (unpaired) electrons. The summed E-state index contributed by atoms with van der Waals surface area (Å²) < 4.78 is 11.6. The topological polar surface area (TPSA) is 21.7 Å². The molecule has 0 N–H and O–H groups in total. The highest BCUT2D eigenvalue weighted by molar-refractivity contribution is 5.35. The number of nitrogens with zero attached hydrogens (tertiary/aromatic N) is 1. The Morgan fingerprint density at radius 1 is 0.708 bits per heavy atom. The highest BCUT2D eigenvalue weighted by Crippen LogP contribution is 2.23. The molecule has 0 saturated carbocycles. The zero-order valence-corrected chi connectivity index (χ0v) is 14.3. The highest BCUT2D eigenvalue weighted by atomic mass is 16.5. The molecule has 0 atom stereocenters. The van der Waals surface area contributed by atoms with Crippen molar-refractivity contribution in [1.82, 2.24) is 4.90 Å². The van der Waals surface area contributed by atoms with Crippen LogP contribution in [0, 0.1) is 0 Å². The van der Waals surface area contributed by atoms with E-state index >= 15 is 0 Å². The Balaban J connectivity index is 1.31. The van der Waals surface area contributed by atoms with Gasteiger partial charge in [-0.05, 0) is 88.1 Å². The van der Waals surface area contributed by atoms with Crippen LogP contribution in [-0.4, -0.2) is 31.1 Å². The van der Waals surface area contributed by atoms with Crippen LogP contribution in [0.15, 0.2) is 54.6 Å². The molecular formula is C21H27NO2. The number of hydrogen-bond donors (Lipinski definition) is 0. The largest absolute Gasteiger partial charge is 0.494 e. The summed E-state index contributed by atoms with van der Waals surface area (Å²) in [6.45, 7) is 4.65. The molecule has 0 unspecified atom stereocenters. The second-order valence-electron chi connectivity index (χ2n) is 6.34. The van der Waals surface area contributed by atoms with Gasteiger partial charge in [0.15, 0.2) is 0 Å². The molecule has 0 bridgehead atoms. The number of rotatable bonds is 9. The standard InChI is InChI=1S/C21H27NO2/c1-3-9-20(10-4-1)24-21-13-11-19(12-14-21)23-18-8-2-5-15-22-16-6-7-17-22/h1,3-4,9-14H,2,5-8,15-18H2. The molecule has 0 aromatic heterocycles. The third-order valence-electron chi connectivity index (χ3n) is 4.39. The van der Waals surface area contributed by atoms with Crippen LogP contribution in [0.3, 0.4) is 0 Å². The first-order valence-electron chi connectivity index (χ1n) is 9.08. The number of likely N-dealkylation sites (tertiary alicyclic amines) is 1. The van der Waals surface area contributed by atoms with Crippen LogP contribution in [-0.2, 0) is 0 Å². The van der Waals surface area contributed by atoms with E-state index in [9.17, 15) is 0 Å². The van der Waals surface area contributed by atoms with E-state index in [2.05, 4.69) is 4.90 Å². The second-order valence-corrected chi connectivity index (χ2v) is 6.34. The van der Waals surface area contributed by atoms with E-state index in [4.69, 9.17) is 9.47 Å². The summed E-state index contributed by atoms with van der Waals surface area (Å²) in [5.74, 6) is 2.60. The lowest BCUT2D eigenvalue weighted by atomic mass is 10.2. The third kappa shape index (κ3) is 5.57. The molecular weight excluding hydrogens is 298 g/mol. The Morgan fingerprint density at radius 3 is 2.12 bits per heavy atom. The molecule has 3 nitrogen and oxygen atoms in total. The second kappa shape index (κ2) is 9.33. The molecule has 2 aromatic rings. The monoisotopic (exact) mass is 325 g/mol. The molecule has 3 rings (SSSR count). The molecule has 1 heterocycles. The van der Waals surface area contributed by atoms with Gasteiger partial charge in [0.25, 0.3) is 0 Å². The SMILES string of the molecule is c1ccc(Oc2ccc(OCCCCCN3CCCC3)cc2)cc1. The van der Waals surface area contributed by atoms with Gasteiger partial charge in [0, 0.05) is 0 Å². The minimum atomic E-state index is 0.791. The molecule has 1 saturated heterocycles. The predicted octanol–water partition coefficient (Wildman–Crippen LogP) is 5.12. The minimum Gasteiger partial charge on any atom is -0.494 e. The molecule has 1 fully saturated rings. The molecule has 0 aliphatic carbocycles. The average Bonchev–Trinajstić information content (AvgIpc) is 3.14. The Kier molecular flexibility index (Phi) is 6.55. The summed E-state index contributed by atoms with van der Waals surface area (Å²) in [6, 6.07) is 17.7. The molecule has 3 heteroatoms. The number of hydrogen-bond acceptors (Lipinski definition) is 3. The predicted molar refractivity (Wildman–Crippen MR) is 98.0 cm³/mol. The fourth-order valence-electron chi connectivity index (χ4n) is 3.04. The van der Waals surface area contributed by atoms with Crippen molar-refractivity contribution in [1.29, 1.82) is 0 Å². The lowest BCUT2D eigenvalue weighted by molar-refractivity contribution is 0.290. The minimum absolute atomic E-state index is 0.791. The van der Waals surface area contributed by atoms with Crippen LogP contribution in [0.4, 0.5) is 0 Å². The van der Waals surface area contributed by atoms with E-state index in [0.717, 1.165) is 30.3 Å². The lowest BCUT2D eigenvalue weighted by Gasteiger charge is -2.14. The number of benzene rings is 2. The first-order chi connectivity index (χ1) is 11.9. The van der Waals surface area contributed by atoms with E-state index < -0.39 is 0 Å². The molecule has 0 amide bonds. The van der Waals surface area contributed by atoms with E-state index in [0.29, 0.717) is 0 Å². The summed E-state index contributed by atoms with van der Waals surface area (Å²) in [6.07, 6.45) is 6.41. The maximum atomic E-state index is 5.81. The summed E-state index contributed by atoms with van der Waals surface area (Å²) in [4.78, 5) is 2.58. The van der Waals surface area contributed by atoms with Crippen molar-refractivity contribution in [3.63, 3.8) is 0 Å².